The van der Waals surface area contributed by atoms with Gasteiger partial charge in [-0.05, 0) is 36.2 Å². The lowest BCUT2D eigenvalue weighted by Gasteiger charge is -2.11. The van der Waals surface area contributed by atoms with Crippen LogP contribution in [0.2, 0.25) is 0 Å². The number of benzene rings is 1. The van der Waals surface area contributed by atoms with Crippen LogP contribution in [-0.2, 0) is 13.0 Å². The predicted molar refractivity (Wildman–Crippen MR) is 84.6 cm³/mol. The molecule has 0 bridgehead atoms. The number of ether oxygens (including phenoxy) is 1. The molecule has 114 valence electrons. The van der Waals surface area contributed by atoms with Crippen LogP contribution in [0, 0.1) is 17.2 Å². The maximum atomic E-state index is 12.3. The third-order valence-electron chi connectivity index (χ3n) is 3.24. The highest BCUT2D eigenvalue weighted by Crippen LogP contribution is 2.20. The standard InChI is InChI=1S/C17H19N3O2/c1-12(2)11-20-17(21)14(8-9-18)10-16(19-20)13-4-6-15(22-3)7-5-13/h4-7,10,12H,8,11H2,1-3H3. The highest BCUT2D eigenvalue weighted by atomic mass is 16.5. The van der Waals surface area contributed by atoms with Gasteiger partial charge in [-0.2, -0.15) is 10.4 Å². The number of methoxy groups -OCH3 is 1. The van der Waals surface area contributed by atoms with Crippen LogP contribution in [0.15, 0.2) is 35.1 Å². The summed E-state index contributed by atoms with van der Waals surface area (Å²) in [5.41, 5.74) is 1.86. The molecule has 5 nitrogen and oxygen atoms in total. The zero-order chi connectivity index (χ0) is 16.1. The van der Waals surface area contributed by atoms with Gasteiger partial charge in [0.1, 0.15) is 5.75 Å². The smallest absolute Gasteiger partial charge is 0.271 e. The Labute approximate surface area is 129 Å². The number of rotatable bonds is 5. The van der Waals surface area contributed by atoms with Crippen LogP contribution in [0.25, 0.3) is 11.3 Å². The summed E-state index contributed by atoms with van der Waals surface area (Å²) in [6.07, 6.45) is 0.0859. The zero-order valence-electron chi connectivity index (χ0n) is 13.0. The van der Waals surface area contributed by atoms with Crippen molar-refractivity contribution in [3.63, 3.8) is 0 Å². The minimum absolute atomic E-state index is 0.0859. The van der Waals surface area contributed by atoms with E-state index in [-0.39, 0.29) is 12.0 Å². The van der Waals surface area contributed by atoms with E-state index >= 15 is 0 Å². The Morgan fingerprint density at radius 1 is 1.32 bits per heavy atom. The Bertz CT molecular complexity index is 740. The van der Waals surface area contributed by atoms with E-state index in [1.807, 2.05) is 44.2 Å². The van der Waals surface area contributed by atoms with Crippen molar-refractivity contribution in [2.24, 2.45) is 5.92 Å². The van der Waals surface area contributed by atoms with Crippen molar-refractivity contribution in [3.8, 4) is 23.1 Å². The minimum Gasteiger partial charge on any atom is -0.497 e. The number of aromatic nitrogens is 2. The van der Waals surface area contributed by atoms with E-state index in [0.29, 0.717) is 23.7 Å². The van der Waals surface area contributed by atoms with E-state index in [1.165, 1.54) is 4.68 Å². The largest absolute Gasteiger partial charge is 0.497 e. The second-order valence-corrected chi connectivity index (χ2v) is 5.50. The van der Waals surface area contributed by atoms with Crippen molar-refractivity contribution in [1.29, 1.82) is 5.26 Å². The molecule has 2 rings (SSSR count). The van der Waals surface area contributed by atoms with Gasteiger partial charge in [-0.3, -0.25) is 4.79 Å². The summed E-state index contributed by atoms with van der Waals surface area (Å²) in [6.45, 7) is 4.58. The van der Waals surface area contributed by atoms with Crippen molar-refractivity contribution in [1.82, 2.24) is 9.78 Å². The lowest BCUT2D eigenvalue weighted by Crippen LogP contribution is -2.28. The zero-order valence-corrected chi connectivity index (χ0v) is 13.0. The summed E-state index contributed by atoms with van der Waals surface area (Å²) >= 11 is 0. The first-order valence-electron chi connectivity index (χ1n) is 7.17. The van der Waals surface area contributed by atoms with Crippen LogP contribution >= 0.6 is 0 Å². The Morgan fingerprint density at radius 2 is 2.00 bits per heavy atom. The molecular weight excluding hydrogens is 278 g/mol. The van der Waals surface area contributed by atoms with Crippen molar-refractivity contribution in [2.75, 3.05) is 7.11 Å². The summed E-state index contributed by atoms with van der Waals surface area (Å²) in [5.74, 6) is 1.06. The SMILES string of the molecule is COc1ccc(-c2cc(CC#N)c(=O)n(CC(C)C)n2)cc1. The fraction of sp³-hybridized carbons (Fsp3) is 0.353. The third kappa shape index (κ3) is 3.53. The van der Waals surface area contributed by atoms with Gasteiger partial charge < -0.3 is 4.74 Å². The first kappa shape index (κ1) is 15.8. The van der Waals surface area contributed by atoms with Crippen molar-refractivity contribution < 1.29 is 4.74 Å². The van der Waals surface area contributed by atoms with E-state index < -0.39 is 0 Å². The third-order valence-corrected chi connectivity index (χ3v) is 3.24. The maximum Gasteiger partial charge on any atom is 0.271 e. The number of hydrogen-bond donors (Lipinski definition) is 0. The van der Waals surface area contributed by atoms with Crippen LogP contribution in [0.3, 0.4) is 0 Å². The Hall–Kier alpha value is -2.61. The van der Waals surface area contributed by atoms with Gasteiger partial charge in [0.05, 0.1) is 25.3 Å². The molecular formula is C17H19N3O2. The first-order valence-corrected chi connectivity index (χ1v) is 7.17. The van der Waals surface area contributed by atoms with Gasteiger partial charge in [-0.15, -0.1) is 0 Å². The summed E-state index contributed by atoms with van der Waals surface area (Å²) < 4.78 is 6.60. The van der Waals surface area contributed by atoms with E-state index in [2.05, 4.69) is 5.10 Å². The Balaban J connectivity index is 2.52. The second-order valence-electron chi connectivity index (χ2n) is 5.50. The van der Waals surface area contributed by atoms with Crippen LogP contribution in [0.4, 0.5) is 0 Å². The summed E-state index contributed by atoms with van der Waals surface area (Å²) in [4.78, 5) is 12.3. The molecule has 0 atom stereocenters. The van der Waals surface area contributed by atoms with Gasteiger partial charge in [0, 0.05) is 17.7 Å². The highest BCUT2D eigenvalue weighted by molar-refractivity contribution is 5.60. The van der Waals surface area contributed by atoms with Crippen LogP contribution in [0.5, 0.6) is 5.75 Å². The number of nitriles is 1. The number of hydrogen-bond acceptors (Lipinski definition) is 4. The molecule has 0 aliphatic heterocycles. The average Bonchev–Trinajstić information content (AvgIpc) is 2.51. The molecule has 0 saturated carbocycles. The van der Waals surface area contributed by atoms with Crippen molar-refractivity contribution in [3.05, 3.63) is 46.2 Å². The van der Waals surface area contributed by atoms with Crippen LogP contribution < -0.4 is 10.3 Å². The topological polar surface area (TPSA) is 67.9 Å². The van der Waals surface area contributed by atoms with Gasteiger partial charge >= 0.3 is 0 Å². The summed E-state index contributed by atoms with van der Waals surface area (Å²) in [5, 5.41) is 13.3. The van der Waals surface area contributed by atoms with Crippen molar-refractivity contribution >= 4 is 0 Å². The van der Waals surface area contributed by atoms with E-state index in [1.54, 1.807) is 13.2 Å². The molecule has 0 fully saturated rings. The van der Waals surface area contributed by atoms with E-state index in [4.69, 9.17) is 10.00 Å². The molecule has 0 aliphatic carbocycles. The molecule has 0 amide bonds. The van der Waals surface area contributed by atoms with Gasteiger partial charge in [0.2, 0.25) is 0 Å². The summed E-state index contributed by atoms with van der Waals surface area (Å²) in [6, 6.07) is 11.2. The molecule has 1 heterocycles. The van der Waals surface area contributed by atoms with Crippen LogP contribution in [0.1, 0.15) is 19.4 Å². The molecule has 1 aromatic heterocycles. The molecule has 0 radical (unpaired) electrons. The minimum atomic E-state index is -0.187. The molecule has 22 heavy (non-hydrogen) atoms. The van der Waals surface area contributed by atoms with Gasteiger partial charge in [0.25, 0.3) is 5.56 Å². The van der Waals surface area contributed by atoms with Crippen molar-refractivity contribution in [2.45, 2.75) is 26.8 Å². The normalized spacial score (nSPS) is 10.5. The fourth-order valence-electron chi connectivity index (χ4n) is 2.18. The highest BCUT2D eigenvalue weighted by Gasteiger charge is 2.11. The molecule has 0 spiro atoms. The fourth-order valence-corrected chi connectivity index (χ4v) is 2.18. The van der Waals surface area contributed by atoms with E-state index in [9.17, 15) is 4.79 Å². The first-order chi connectivity index (χ1) is 10.5. The molecule has 0 N–H and O–H groups in total. The predicted octanol–water partition coefficient (Wildman–Crippen LogP) is 2.64. The average molecular weight is 297 g/mol. The molecule has 0 unspecified atom stereocenters. The molecule has 0 aliphatic rings. The molecule has 5 heteroatoms. The van der Waals surface area contributed by atoms with Gasteiger partial charge in [0.15, 0.2) is 0 Å². The second kappa shape index (κ2) is 6.90. The number of nitrogens with zero attached hydrogens (tertiary/aromatic N) is 3. The molecule has 0 saturated heterocycles. The van der Waals surface area contributed by atoms with E-state index in [0.717, 1.165) is 11.3 Å². The lowest BCUT2D eigenvalue weighted by atomic mass is 10.1. The monoisotopic (exact) mass is 297 g/mol. The maximum absolute atomic E-state index is 12.3. The van der Waals surface area contributed by atoms with Gasteiger partial charge in [-0.1, -0.05) is 13.8 Å². The Kier molecular flexibility index (Phi) is 4.95. The molecule has 2 aromatic rings. The van der Waals surface area contributed by atoms with Crippen LogP contribution in [-0.4, -0.2) is 16.9 Å². The molecule has 1 aromatic carbocycles. The quantitative estimate of drug-likeness (QED) is 0.851. The summed E-state index contributed by atoms with van der Waals surface area (Å²) in [7, 11) is 1.61. The van der Waals surface area contributed by atoms with Gasteiger partial charge in [-0.25, -0.2) is 4.68 Å². The lowest BCUT2D eigenvalue weighted by molar-refractivity contribution is 0.415. The Morgan fingerprint density at radius 3 is 2.55 bits per heavy atom.